The summed E-state index contributed by atoms with van der Waals surface area (Å²) in [5.41, 5.74) is 6.10. The number of nitrogens with one attached hydrogen (secondary N) is 2. The summed E-state index contributed by atoms with van der Waals surface area (Å²) in [4.78, 5) is 6.85. The fraction of sp³-hybridized carbons (Fsp3) is 0.364. The second-order valence-corrected chi connectivity index (χ2v) is 6.81. The number of benzene rings is 1. The number of ether oxygens (including phenoxy) is 2. The molecule has 2 N–H and O–H groups in total. The van der Waals surface area contributed by atoms with Crippen molar-refractivity contribution in [2.45, 2.75) is 13.8 Å². The van der Waals surface area contributed by atoms with Gasteiger partial charge in [0.05, 0.1) is 19.4 Å². The van der Waals surface area contributed by atoms with Crippen LogP contribution in [0.2, 0.25) is 0 Å². The van der Waals surface area contributed by atoms with Gasteiger partial charge in [0.25, 0.3) is 0 Å². The summed E-state index contributed by atoms with van der Waals surface area (Å²) in [5, 5.41) is 7.52. The predicted molar refractivity (Wildman–Crippen MR) is 118 cm³/mol. The number of aromatic nitrogens is 1. The molecule has 0 unspecified atom stereocenters. The molecule has 7 heteroatoms. The minimum absolute atomic E-state index is 0.556. The number of nitrogens with zero attached hydrogens (tertiary/aromatic N) is 3. The molecule has 1 fully saturated rings. The molecule has 2 aromatic rings. The van der Waals surface area contributed by atoms with Crippen molar-refractivity contribution in [2.75, 3.05) is 50.2 Å². The second-order valence-electron chi connectivity index (χ2n) is 6.81. The van der Waals surface area contributed by atoms with Gasteiger partial charge in [-0.25, -0.2) is 0 Å². The zero-order valence-corrected chi connectivity index (χ0v) is 17.1. The van der Waals surface area contributed by atoms with Crippen LogP contribution in [-0.4, -0.2) is 55.6 Å². The van der Waals surface area contributed by atoms with E-state index < -0.39 is 0 Å². The molecule has 1 aromatic carbocycles. The van der Waals surface area contributed by atoms with Crippen LogP contribution in [0.15, 0.2) is 53.8 Å². The quantitative estimate of drug-likeness (QED) is 0.500. The molecule has 0 saturated carbocycles. The molecule has 29 heavy (non-hydrogen) atoms. The van der Waals surface area contributed by atoms with Gasteiger partial charge >= 0.3 is 0 Å². The predicted octanol–water partition coefficient (Wildman–Crippen LogP) is 3.49. The first kappa shape index (κ1) is 20.8. The molecule has 3 rings (SSSR count). The molecule has 0 atom stereocenters. The molecule has 154 valence electrons. The van der Waals surface area contributed by atoms with Gasteiger partial charge in [-0.1, -0.05) is 35.9 Å². The van der Waals surface area contributed by atoms with Crippen molar-refractivity contribution in [1.29, 1.82) is 0 Å². The van der Waals surface area contributed by atoms with E-state index in [0.29, 0.717) is 18.3 Å². The number of pyridine rings is 1. The van der Waals surface area contributed by atoms with Crippen LogP contribution in [0, 0.1) is 6.92 Å². The summed E-state index contributed by atoms with van der Waals surface area (Å²) >= 11 is 0. The minimum Gasteiger partial charge on any atom is -0.476 e. The molecule has 0 bridgehead atoms. The SMILES string of the molecule is C/C=C\Nc1cc(N/N=C/c2cccc(C)c2)nc(OCCN2CCOCC2)c1. The Balaban J connectivity index is 1.62. The van der Waals surface area contributed by atoms with E-state index in [1.54, 1.807) is 6.21 Å². The van der Waals surface area contributed by atoms with E-state index >= 15 is 0 Å². The van der Waals surface area contributed by atoms with E-state index in [2.05, 4.69) is 44.8 Å². The zero-order valence-electron chi connectivity index (χ0n) is 17.1. The summed E-state index contributed by atoms with van der Waals surface area (Å²) in [6.07, 6.45) is 5.58. The number of allylic oxidation sites excluding steroid dienone is 1. The number of anilines is 2. The van der Waals surface area contributed by atoms with Gasteiger partial charge < -0.3 is 14.8 Å². The third-order valence-electron chi connectivity index (χ3n) is 4.41. The van der Waals surface area contributed by atoms with Crippen LogP contribution in [-0.2, 0) is 4.74 Å². The lowest BCUT2D eigenvalue weighted by Gasteiger charge is -2.26. The first-order valence-electron chi connectivity index (χ1n) is 9.91. The fourth-order valence-corrected chi connectivity index (χ4v) is 2.93. The van der Waals surface area contributed by atoms with Crippen molar-refractivity contribution in [2.24, 2.45) is 5.10 Å². The Morgan fingerprint density at radius 2 is 2.10 bits per heavy atom. The van der Waals surface area contributed by atoms with Crippen molar-refractivity contribution in [3.05, 3.63) is 59.8 Å². The topological polar surface area (TPSA) is 71.0 Å². The summed E-state index contributed by atoms with van der Waals surface area (Å²) < 4.78 is 11.3. The number of morpholine rings is 1. The fourth-order valence-electron chi connectivity index (χ4n) is 2.93. The molecule has 7 nitrogen and oxygen atoms in total. The molecule has 1 saturated heterocycles. The number of hydrogen-bond acceptors (Lipinski definition) is 7. The Hall–Kier alpha value is -2.90. The van der Waals surface area contributed by atoms with Gasteiger partial charge in [0.1, 0.15) is 6.61 Å². The zero-order chi connectivity index (χ0) is 20.3. The maximum atomic E-state index is 5.90. The largest absolute Gasteiger partial charge is 0.476 e. The molecule has 0 radical (unpaired) electrons. The molecule has 1 aliphatic rings. The number of rotatable bonds is 9. The highest BCUT2D eigenvalue weighted by Crippen LogP contribution is 2.20. The van der Waals surface area contributed by atoms with Crippen LogP contribution in [0.5, 0.6) is 5.88 Å². The van der Waals surface area contributed by atoms with Crippen LogP contribution in [0.25, 0.3) is 0 Å². The average Bonchev–Trinajstić information content (AvgIpc) is 2.73. The third kappa shape index (κ3) is 7.21. The first-order valence-corrected chi connectivity index (χ1v) is 9.91. The first-order chi connectivity index (χ1) is 14.2. The monoisotopic (exact) mass is 395 g/mol. The number of hydrogen-bond donors (Lipinski definition) is 2. The maximum absolute atomic E-state index is 5.90. The molecule has 1 aliphatic heterocycles. The van der Waals surface area contributed by atoms with E-state index in [1.807, 2.05) is 43.5 Å². The van der Waals surface area contributed by atoms with Gasteiger partial charge in [0.15, 0.2) is 5.82 Å². The van der Waals surface area contributed by atoms with Gasteiger partial charge in [0, 0.05) is 37.5 Å². The molecule has 0 spiro atoms. The summed E-state index contributed by atoms with van der Waals surface area (Å²) in [6, 6.07) is 11.9. The molecular formula is C22H29N5O2. The normalized spacial score (nSPS) is 15.1. The van der Waals surface area contributed by atoms with Crippen LogP contribution in [0.3, 0.4) is 0 Å². The van der Waals surface area contributed by atoms with Gasteiger partial charge in [-0.3, -0.25) is 10.3 Å². The van der Waals surface area contributed by atoms with E-state index in [4.69, 9.17) is 9.47 Å². The Bertz CT molecular complexity index is 832. The molecular weight excluding hydrogens is 366 g/mol. The van der Waals surface area contributed by atoms with Gasteiger partial charge in [-0.05, 0) is 25.6 Å². The van der Waals surface area contributed by atoms with Crippen molar-refractivity contribution in [3.63, 3.8) is 0 Å². The highest BCUT2D eigenvalue weighted by molar-refractivity contribution is 5.80. The lowest BCUT2D eigenvalue weighted by Crippen LogP contribution is -2.38. The smallest absolute Gasteiger partial charge is 0.217 e. The highest BCUT2D eigenvalue weighted by Gasteiger charge is 2.10. The summed E-state index contributed by atoms with van der Waals surface area (Å²) in [6.45, 7) is 8.91. The molecule has 2 heterocycles. The van der Waals surface area contributed by atoms with Crippen LogP contribution < -0.4 is 15.5 Å². The standard InChI is InChI=1S/C22H29N5O2/c1-3-7-23-20-15-21(26-24-17-19-6-4-5-18(2)14-19)25-22(16-20)29-13-10-27-8-11-28-12-9-27/h3-7,14-17H,8-13H2,1-2H3,(H2,23,25,26)/b7-3-,24-17+. The van der Waals surface area contributed by atoms with Gasteiger partial charge in [-0.2, -0.15) is 10.1 Å². The van der Waals surface area contributed by atoms with Gasteiger partial charge in [-0.15, -0.1) is 0 Å². The van der Waals surface area contributed by atoms with E-state index in [0.717, 1.165) is 44.1 Å². The number of hydrazone groups is 1. The van der Waals surface area contributed by atoms with Crippen molar-refractivity contribution in [1.82, 2.24) is 9.88 Å². The van der Waals surface area contributed by atoms with Crippen molar-refractivity contribution in [3.8, 4) is 5.88 Å². The summed E-state index contributed by atoms with van der Waals surface area (Å²) in [7, 11) is 0. The Morgan fingerprint density at radius 1 is 1.24 bits per heavy atom. The van der Waals surface area contributed by atoms with Crippen LogP contribution in [0.1, 0.15) is 18.1 Å². The van der Waals surface area contributed by atoms with E-state index in [1.165, 1.54) is 5.56 Å². The minimum atomic E-state index is 0.556. The van der Waals surface area contributed by atoms with Crippen LogP contribution in [0.4, 0.5) is 11.5 Å². The average molecular weight is 396 g/mol. The number of aryl methyl sites for hydroxylation is 1. The van der Waals surface area contributed by atoms with E-state index in [-0.39, 0.29) is 0 Å². The van der Waals surface area contributed by atoms with Gasteiger partial charge in [0.2, 0.25) is 5.88 Å². The Kier molecular flexibility index (Phi) is 8.03. The Morgan fingerprint density at radius 3 is 2.90 bits per heavy atom. The van der Waals surface area contributed by atoms with E-state index in [9.17, 15) is 0 Å². The Labute approximate surface area is 172 Å². The molecule has 1 aromatic heterocycles. The highest BCUT2D eigenvalue weighted by atomic mass is 16.5. The lowest BCUT2D eigenvalue weighted by atomic mass is 10.2. The maximum Gasteiger partial charge on any atom is 0.217 e. The van der Waals surface area contributed by atoms with Crippen molar-refractivity contribution >= 4 is 17.7 Å². The van der Waals surface area contributed by atoms with Crippen molar-refractivity contribution < 1.29 is 9.47 Å². The molecule has 0 aliphatic carbocycles. The second kappa shape index (κ2) is 11.2. The van der Waals surface area contributed by atoms with Crippen LogP contribution >= 0.6 is 0 Å². The molecule has 0 amide bonds. The third-order valence-corrected chi connectivity index (χ3v) is 4.41. The summed E-state index contributed by atoms with van der Waals surface area (Å²) in [5.74, 6) is 1.17. The lowest BCUT2D eigenvalue weighted by molar-refractivity contribution is 0.0320.